The lowest BCUT2D eigenvalue weighted by molar-refractivity contribution is 0.0732. The summed E-state index contributed by atoms with van der Waals surface area (Å²) in [5, 5.41) is 0. The highest BCUT2D eigenvalue weighted by Crippen LogP contribution is 2.22. The highest BCUT2D eigenvalue weighted by Gasteiger charge is 2.30. The molecule has 0 aliphatic carbocycles. The van der Waals surface area contributed by atoms with Gasteiger partial charge in [-0.3, -0.25) is 4.79 Å². The van der Waals surface area contributed by atoms with Crippen LogP contribution in [0.25, 0.3) is 0 Å². The van der Waals surface area contributed by atoms with Crippen molar-refractivity contribution in [3.05, 3.63) is 53.5 Å². The van der Waals surface area contributed by atoms with Gasteiger partial charge in [0.1, 0.15) is 0 Å². The van der Waals surface area contributed by atoms with E-state index in [1.54, 1.807) is 23.1 Å². The first-order valence-corrected chi connectivity index (χ1v) is 9.74. The first-order valence-electron chi connectivity index (χ1n) is 8.30. The minimum absolute atomic E-state index is 0.198. The second kappa shape index (κ2) is 7.01. The van der Waals surface area contributed by atoms with E-state index in [2.05, 4.69) is 0 Å². The molecule has 6 nitrogen and oxygen atoms in total. The van der Waals surface area contributed by atoms with E-state index in [0.29, 0.717) is 31.0 Å². The minimum atomic E-state index is -3.56. The van der Waals surface area contributed by atoms with E-state index in [1.165, 1.54) is 10.6 Å². The fraction of sp³-hybridized carbons (Fsp3) is 0.389. The molecule has 134 valence electrons. The lowest BCUT2D eigenvalue weighted by atomic mass is 10.2. The Morgan fingerprint density at radius 2 is 1.88 bits per heavy atom. The van der Waals surface area contributed by atoms with Crippen LogP contribution in [-0.4, -0.2) is 49.7 Å². The van der Waals surface area contributed by atoms with E-state index < -0.39 is 10.0 Å². The fourth-order valence-corrected chi connectivity index (χ4v) is 4.80. The van der Waals surface area contributed by atoms with E-state index in [9.17, 15) is 13.2 Å². The van der Waals surface area contributed by atoms with Crippen LogP contribution in [0.1, 0.15) is 28.1 Å². The number of furan rings is 1. The van der Waals surface area contributed by atoms with Crippen molar-refractivity contribution in [2.75, 3.05) is 26.2 Å². The van der Waals surface area contributed by atoms with Crippen LogP contribution in [0, 0.1) is 13.8 Å². The zero-order valence-corrected chi connectivity index (χ0v) is 15.3. The average Bonchev–Trinajstić information content (AvgIpc) is 2.97. The van der Waals surface area contributed by atoms with Crippen LogP contribution >= 0.6 is 0 Å². The van der Waals surface area contributed by atoms with Gasteiger partial charge in [-0.1, -0.05) is 17.7 Å². The van der Waals surface area contributed by atoms with Gasteiger partial charge >= 0.3 is 0 Å². The quantitative estimate of drug-likeness (QED) is 0.841. The standard InChI is InChI=1S/C18H22N2O4S/c1-14-6-7-17(15(2)13-14)25(22,23)20-9-4-8-19(10-11-20)18(21)16-5-3-12-24-16/h3,5-7,12-13H,4,8-11H2,1-2H3. The van der Waals surface area contributed by atoms with Crippen LogP contribution in [0.4, 0.5) is 0 Å². The molecule has 0 radical (unpaired) electrons. The predicted molar refractivity (Wildman–Crippen MR) is 93.9 cm³/mol. The first kappa shape index (κ1) is 17.7. The Kier molecular flexibility index (Phi) is 4.96. The van der Waals surface area contributed by atoms with Gasteiger partial charge in [-0.25, -0.2) is 8.42 Å². The summed E-state index contributed by atoms with van der Waals surface area (Å²) in [5.74, 6) is 0.0847. The first-order chi connectivity index (χ1) is 11.9. The molecule has 1 fully saturated rings. The maximum atomic E-state index is 13.0. The summed E-state index contributed by atoms with van der Waals surface area (Å²) in [6.45, 7) is 5.29. The molecule has 1 aromatic carbocycles. The second-order valence-corrected chi connectivity index (χ2v) is 8.20. The van der Waals surface area contributed by atoms with Gasteiger partial charge in [-0.2, -0.15) is 4.31 Å². The lowest BCUT2D eigenvalue weighted by Gasteiger charge is -2.22. The van der Waals surface area contributed by atoms with Crippen LogP contribution in [0.15, 0.2) is 45.9 Å². The Morgan fingerprint density at radius 1 is 1.08 bits per heavy atom. The Labute approximate surface area is 148 Å². The molecule has 0 atom stereocenters. The molecule has 7 heteroatoms. The van der Waals surface area contributed by atoms with Crippen molar-refractivity contribution < 1.29 is 17.6 Å². The Hall–Kier alpha value is -2.12. The minimum Gasteiger partial charge on any atom is -0.459 e. The largest absolute Gasteiger partial charge is 0.459 e. The Balaban J connectivity index is 1.77. The van der Waals surface area contributed by atoms with Crippen molar-refractivity contribution in [3.63, 3.8) is 0 Å². The Bertz CT molecular complexity index is 859. The summed E-state index contributed by atoms with van der Waals surface area (Å²) in [4.78, 5) is 14.4. The third kappa shape index (κ3) is 3.62. The van der Waals surface area contributed by atoms with Crippen LogP contribution < -0.4 is 0 Å². The molecule has 0 N–H and O–H groups in total. The van der Waals surface area contributed by atoms with E-state index in [-0.39, 0.29) is 18.2 Å². The second-order valence-electron chi connectivity index (χ2n) is 6.30. The predicted octanol–water partition coefficient (Wildman–Crippen LogP) is 2.43. The van der Waals surface area contributed by atoms with Crippen LogP contribution in [-0.2, 0) is 10.0 Å². The van der Waals surface area contributed by atoms with E-state index >= 15 is 0 Å². The molecule has 2 heterocycles. The molecule has 0 spiro atoms. The average molecular weight is 362 g/mol. The zero-order chi connectivity index (χ0) is 18.0. The van der Waals surface area contributed by atoms with Gasteiger partial charge in [-0.05, 0) is 44.0 Å². The number of sulfonamides is 1. The third-order valence-electron chi connectivity index (χ3n) is 4.42. The number of rotatable bonds is 3. The van der Waals surface area contributed by atoms with Gasteiger partial charge in [0.15, 0.2) is 5.76 Å². The van der Waals surface area contributed by atoms with Crippen molar-refractivity contribution in [3.8, 4) is 0 Å². The normalized spacial score (nSPS) is 16.6. The van der Waals surface area contributed by atoms with Gasteiger partial charge in [-0.15, -0.1) is 0 Å². The third-order valence-corrected chi connectivity index (χ3v) is 6.48. The lowest BCUT2D eigenvalue weighted by Crippen LogP contribution is -2.37. The van der Waals surface area contributed by atoms with E-state index in [0.717, 1.165) is 11.1 Å². The summed E-state index contributed by atoms with van der Waals surface area (Å²) >= 11 is 0. The summed E-state index contributed by atoms with van der Waals surface area (Å²) in [7, 11) is -3.56. The monoisotopic (exact) mass is 362 g/mol. The van der Waals surface area contributed by atoms with Crippen LogP contribution in [0.2, 0.25) is 0 Å². The summed E-state index contributed by atoms with van der Waals surface area (Å²) in [6.07, 6.45) is 2.05. The van der Waals surface area contributed by atoms with Gasteiger partial charge in [0.05, 0.1) is 11.2 Å². The highest BCUT2D eigenvalue weighted by atomic mass is 32.2. The number of aryl methyl sites for hydroxylation is 2. The maximum Gasteiger partial charge on any atom is 0.289 e. The zero-order valence-electron chi connectivity index (χ0n) is 14.4. The number of amides is 1. The molecular weight excluding hydrogens is 340 g/mol. The highest BCUT2D eigenvalue weighted by molar-refractivity contribution is 7.89. The number of nitrogens with zero attached hydrogens (tertiary/aromatic N) is 2. The summed E-state index contributed by atoms with van der Waals surface area (Å²) in [6, 6.07) is 8.64. The Morgan fingerprint density at radius 3 is 2.56 bits per heavy atom. The van der Waals surface area contributed by atoms with Gasteiger partial charge in [0.25, 0.3) is 5.91 Å². The molecule has 25 heavy (non-hydrogen) atoms. The van der Waals surface area contributed by atoms with Gasteiger partial charge in [0.2, 0.25) is 10.0 Å². The molecule has 3 rings (SSSR count). The van der Waals surface area contributed by atoms with Crippen molar-refractivity contribution >= 4 is 15.9 Å². The molecular formula is C18H22N2O4S. The SMILES string of the molecule is Cc1ccc(S(=O)(=O)N2CCCN(C(=O)c3ccco3)CC2)c(C)c1. The number of carbonyl (C=O) groups is 1. The molecule has 1 aromatic heterocycles. The molecule has 2 aromatic rings. The number of benzene rings is 1. The fourth-order valence-electron chi connectivity index (χ4n) is 3.12. The summed E-state index contributed by atoms with van der Waals surface area (Å²) < 4.78 is 32.6. The summed E-state index contributed by atoms with van der Waals surface area (Å²) in [5.41, 5.74) is 1.77. The van der Waals surface area contributed by atoms with Gasteiger partial charge < -0.3 is 9.32 Å². The van der Waals surface area contributed by atoms with Crippen LogP contribution in [0.3, 0.4) is 0 Å². The van der Waals surface area contributed by atoms with E-state index in [1.807, 2.05) is 26.0 Å². The smallest absolute Gasteiger partial charge is 0.289 e. The molecule has 1 aliphatic heterocycles. The molecule has 0 bridgehead atoms. The number of carbonyl (C=O) groups excluding carboxylic acids is 1. The molecule has 1 amide bonds. The van der Waals surface area contributed by atoms with Gasteiger partial charge in [0, 0.05) is 26.2 Å². The van der Waals surface area contributed by atoms with Crippen molar-refractivity contribution in [2.45, 2.75) is 25.2 Å². The molecule has 1 saturated heterocycles. The molecule has 0 saturated carbocycles. The molecule has 0 unspecified atom stereocenters. The topological polar surface area (TPSA) is 70.8 Å². The van der Waals surface area contributed by atoms with Crippen molar-refractivity contribution in [2.24, 2.45) is 0 Å². The maximum absolute atomic E-state index is 13.0. The van der Waals surface area contributed by atoms with Crippen molar-refractivity contribution in [1.82, 2.24) is 9.21 Å². The van der Waals surface area contributed by atoms with Crippen molar-refractivity contribution in [1.29, 1.82) is 0 Å². The molecule has 1 aliphatic rings. The number of hydrogen-bond acceptors (Lipinski definition) is 4. The number of hydrogen-bond donors (Lipinski definition) is 0. The van der Waals surface area contributed by atoms with Crippen LogP contribution in [0.5, 0.6) is 0 Å². The van der Waals surface area contributed by atoms with E-state index in [4.69, 9.17) is 4.42 Å².